The molecule has 2 rings (SSSR count). The smallest absolute Gasteiger partial charge is 0.237 e. The fourth-order valence-corrected chi connectivity index (χ4v) is 2.68. The van der Waals surface area contributed by atoms with E-state index in [9.17, 15) is 13.6 Å². The maximum Gasteiger partial charge on any atom is 0.237 e. The lowest BCUT2D eigenvalue weighted by Gasteiger charge is -2.17. The summed E-state index contributed by atoms with van der Waals surface area (Å²) in [5.74, 6) is -1.15. The summed E-state index contributed by atoms with van der Waals surface area (Å²) in [6.45, 7) is 2.30. The number of rotatable bonds is 6. The molecule has 3 nitrogen and oxygen atoms in total. The van der Waals surface area contributed by atoms with Crippen LogP contribution in [-0.4, -0.2) is 24.5 Å². The summed E-state index contributed by atoms with van der Waals surface area (Å²) >= 11 is 0. The predicted octanol–water partition coefficient (Wildman–Crippen LogP) is 2.54. The van der Waals surface area contributed by atoms with Crippen LogP contribution in [0.2, 0.25) is 0 Å². The van der Waals surface area contributed by atoms with Crippen molar-refractivity contribution in [3.05, 3.63) is 35.4 Å². The van der Waals surface area contributed by atoms with Crippen molar-refractivity contribution in [3.63, 3.8) is 0 Å². The third kappa shape index (κ3) is 5.08. The van der Waals surface area contributed by atoms with Gasteiger partial charge in [-0.3, -0.25) is 4.79 Å². The van der Waals surface area contributed by atoms with Crippen molar-refractivity contribution in [2.45, 2.75) is 51.1 Å². The monoisotopic (exact) mass is 296 g/mol. The van der Waals surface area contributed by atoms with Crippen molar-refractivity contribution in [1.82, 2.24) is 10.6 Å². The highest BCUT2D eigenvalue weighted by Gasteiger charge is 2.20. The molecule has 1 aromatic carbocycles. The number of carbonyl (C=O) groups is 1. The Morgan fingerprint density at radius 2 is 1.86 bits per heavy atom. The number of amides is 1. The number of carbonyl (C=O) groups excluding carboxylic acids is 1. The maximum absolute atomic E-state index is 13.0. The molecule has 1 aliphatic rings. The first-order chi connectivity index (χ1) is 10.0. The van der Waals surface area contributed by atoms with Gasteiger partial charge in [0.25, 0.3) is 0 Å². The number of benzene rings is 1. The summed E-state index contributed by atoms with van der Waals surface area (Å²) in [6, 6.07) is 3.49. The number of nitrogens with one attached hydrogen (secondary N) is 2. The zero-order valence-corrected chi connectivity index (χ0v) is 12.3. The van der Waals surface area contributed by atoms with E-state index in [1.807, 2.05) is 0 Å². The summed E-state index contributed by atoms with van der Waals surface area (Å²) in [7, 11) is 0. The van der Waals surface area contributed by atoms with Gasteiger partial charge in [-0.05, 0) is 50.4 Å². The van der Waals surface area contributed by atoms with Crippen LogP contribution in [0.4, 0.5) is 8.78 Å². The Labute approximate surface area is 124 Å². The summed E-state index contributed by atoms with van der Waals surface area (Å²) < 4.78 is 26.1. The van der Waals surface area contributed by atoms with Crippen molar-refractivity contribution >= 4 is 5.91 Å². The van der Waals surface area contributed by atoms with Crippen LogP contribution in [0, 0.1) is 11.6 Å². The first kappa shape index (κ1) is 15.9. The topological polar surface area (TPSA) is 41.1 Å². The molecule has 1 amide bonds. The molecule has 1 aliphatic carbocycles. The van der Waals surface area contributed by atoms with Crippen molar-refractivity contribution < 1.29 is 13.6 Å². The number of halogens is 2. The van der Waals surface area contributed by atoms with Crippen LogP contribution >= 0.6 is 0 Å². The van der Waals surface area contributed by atoms with E-state index in [0.29, 0.717) is 24.6 Å². The Bertz CT molecular complexity index is 467. The van der Waals surface area contributed by atoms with E-state index in [-0.39, 0.29) is 11.9 Å². The van der Waals surface area contributed by atoms with E-state index in [1.165, 1.54) is 25.0 Å². The summed E-state index contributed by atoms with van der Waals surface area (Å²) in [6.07, 6.45) is 4.95. The van der Waals surface area contributed by atoms with E-state index in [4.69, 9.17) is 0 Å². The fourth-order valence-electron chi connectivity index (χ4n) is 2.68. The minimum absolute atomic E-state index is 0.00711. The number of hydrogen-bond donors (Lipinski definition) is 2. The molecule has 1 unspecified atom stereocenters. The molecule has 5 heteroatoms. The normalized spacial score (nSPS) is 16.9. The van der Waals surface area contributed by atoms with Crippen LogP contribution < -0.4 is 10.6 Å². The highest BCUT2D eigenvalue weighted by atomic mass is 19.1. The second kappa shape index (κ2) is 7.50. The van der Waals surface area contributed by atoms with Gasteiger partial charge < -0.3 is 10.6 Å². The van der Waals surface area contributed by atoms with Crippen LogP contribution in [0.5, 0.6) is 0 Å². The van der Waals surface area contributed by atoms with Crippen molar-refractivity contribution in [1.29, 1.82) is 0 Å². The zero-order chi connectivity index (χ0) is 15.2. The standard InChI is InChI=1S/C16H22F2N2O/c1-11(16(21)20-15-4-2-3-5-15)19-7-6-12-8-13(17)10-14(18)9-12/h8-11,15,19H,2-7H2,1H3,(H,20,21). The largest absolute Gasteiger partial charge is 0.352 e. The number of hydrogen-bond acceptors (Lipinski definition) is 2. The van der Waals surface area contributed by atoms with E-state index < -0.39 is 11.6 Å². The highest BCUT2D eigenvalue weighted by Crippen LogP contribution is 2.17. The average molecular weight is 296 g/mol. The summed E-state index contributed by atoms with van der Waals surface area (Å²) in [4.78, 5) is 12.0. The third-order valence-electron chi connectivity index (χ3n) is 3.88. The van der Waals surface area contributed by atoms with E-state index >= 15 is 0 Å². The van der Waals surface area contributed by atoms with Crippen LogP contribution in [0.25, 0.3) is 0 Å². The minimum Gasteiger partial charge on any atom is -0.352 e. The molecular weight excluding hydrogens is 274 g/mol. The molecule has 0 aliphatic heterocycles. The molecule has 2 N–H and O–H groups in total. The first-order valence-corrected chi connectivity index (χ1v) is 7.53. The van der Waals surface area contributed by atoms with Gasteiger partial charge in [-0.2, -0.15) is 0 Å². The van der Waals surface area contributed by atoms with Gasteiger partial charge in [0.05, 0.1) is 6.04 Å². The Kier molecular flexibility index (Phi) is 5.67. The molecular formula is C16H22F2N2O. The molecule has 0 spiro atoms. The molecule has 116 valence electrons. The average Bonchev–Trinajstić information content (AvgIpc) is 2.90. The van der Waals surface area contributed by atoms with Gasteiger partial charge in [0.1, 0.15) is 11.6 Å². The van der Waals surface area contributed by atoms with E-state index in [1.54, 1.807) is 6.92 Å². The fraction of sp³-hybridized carbons (Fsp3) is 0.562. The van der Waals surface area contributed by atoms with Gasteiger partial charge >= 0.3 is 0 Å². The Hall–Kier alpha value is -1.49. The van der Waals surface area contributed by atoms with Crippen molar-refractivity contribution in [2.75, 3.05) is 6.54 Å². The second-order valence-corrected chi connectivity index (χ2v) is 5.69. The molecule has 0 bridgehead atoms. The van der Waals surface area contributed by atoms with Crippen LogP contribution in [0.3, 0.4) is 0 Å². The lowest BCUT2D eigenvalue weighted by molar-refractivity contribution is -0.123. The summed E-state index contributed by atoms with van der Waals surface area (Å²) in [5.41, 5.74) is 0.586. The molecule has 0 heterocycles. The minimum atomic E-state index is -0.572. The van der Waals surface area contributed by atoms with Gasteiger partial charge in [0.2, 0.25) is 5.91 Å². The molecule has 1 fully saturated rings. The van der Waals surface area contributed by atoms with Crippen LogP contribution in [0.1, 0.15) is 38.2 Å². The van der Waals surface area contributed by atoms with Gasteiger partial charge in [-0.25, -0.2) is 8.78 Å². The Balaban J connectivity index is 1.72. The molecule has 1 saturated carbocycles. The van der Waals surface area contributed by atoms with Crippen LogP contribution in [-0.2, 0) is 11.2 Å². The second-order valence-electron chi connectivity index (χ2n) is 5.69. The molecule has 1 atom stereocenters. The Morgan fingerprint density at radius 1 is 1.24 bits per heavy atom. The third-order valence-corrected chi connectivity index (χ3v) is 3.88. The predicted molar refractivity (Wildman–Crippen MR) is 77.9 cm³/mol. The van der Waals surface area contributed by atoms with Crippen molar-refractivity contribution in [3.8, 4) is 0 Å². The highest BCUT2D eigenvalue weighted by molar-refractivity contribution is 5.81. The lowest BCUT2D eigenvalue weighted by Crippen LogP contribution is -2.46. The Morgan fingerprint density at radius 3 is 2.48 bits per heavy atom. The molecule has 21 heavy (non-hydrogen) atoms. The molecule has 0 radical (unpaired) electrons. The molecule has 1 aromatic rings. The lowest BCUT2D eigenvalue weighted by atomic mass is 10.1. The quantitative estimate of drug-likeness (QED) is 0.847. The van der Waals surface area contributed by atoms with E-state index in [2.05, 4.69) is 10.6 Å². The van der Waals surface area contributed by atoms with Gasteiger partial charge in [-0.1, -0.05) is 12.8 Å². The van der Waals surface area contributed by atoms with Gasteiger partial charge in [0, 0.05) is 12.1 Å². The van der Waals surface area contributed by atoms with Crippen LogP contribution in [0.15, 0.2) is 18.2 Å². The maximum atomic E-state index is 13.0. The zero-order valence-electron chi connectivity index (χ0n) is 12.3. The van der Waals surface area contributed by atoms with Gasteiger partial charge in [0.15, 0.2) is 0 Å². The molecule has 0 saturated heterocycles. The van der Waals surface area contributed by atoms with E-state index in [0.717, 1.165) is 18.9 Å². The molecule has 0 aromatic heterocycles. The first-order valence-electron chi connectivity index (χ1n) is 7.53. The summed E-state index contributed by atoms with van der Waals surface area (Å²) in [5, 5.41) is 6.11. The van der Waals surface area contributed by atoms with Gasteiger partial charge in [-0.15, -0.1) is 0 Å². The van der Waals surface area contributed by atoms with Crippen molar-refractivity contribution in [2.24, 2.45) is 0 Å². The SMILES string of the molecule is CC(NCCc1cc(F)cc(F)c1)C(=O)NC1CCCC1.